The molecule has 3 rings (SSSR count). The minimum absolute atomic E-state index is 0.249. The van der Waals surface area contributed by atoms with E-state index in [1.165, 1.54) is 0 Å². The van der Waals surface area contributed by atoms with E-state index in [-0.39, 0.29) is 5.92 Å². The van der Waals surface area contributed by atoms with E-state index in [1.54, 1.807) is 6.07 Å². The fourth-order valence-electron chi connectivity index (χ4n) is 2.86. The molecule has 0 aliphatic carbocycles. The highest BCUT2D eigenvalue weighted by molar-refractivity contribution is 5.84. The molecule has 2 atom stereocenters. The number of nitrogens with zero attached hydrogens (tertiary/aromatic N) is 1. The molecule has 1 aromatic carbocycles. The largest absolute Gasteiger partial charge is 0.388 e. The molecule has 0 radical (unpaired) electrons. The molecule has 0 saturated carbocycles. The lowest BCUT2D eigenvalue weighted by atomic mass is 9.89. The minimum atomic E-state index is -0.476. The number of aliphatic hydroxyl groups is 1. The monoisotopic (exact) mass is 255 g/mol. The zero-order chi connectivity index (χ0) is 13.2. The molecule has 2 aromatic rings. The SMILES string of the molecule is N#Cc1ccc2[nH]cc(C(O)C3CCCNC3)c2c1. The first-order valence-electron chi connectivity index (χ1n) is 6.69. The molecule has 1 aliphatic rings. The van der Waals surface area contributed by atoms with Gasteiger partial charge in [0.15, 0.2) is 0 Å². The summed E-state index contributed by atoms with van der Waals surface area (Å²) in [6, 6.07) is 7.68. The Morgan fingerprint density at radius 2 is 2.32 bits per heavy atom. The molecule has 2 unspecified atom stereocenters. The van der Waals surface area contributed by atoms with E-state index in [2.05, 4.69) is 16.4 Å². The minimum Gasteiger partial charge on any atom is -0.388 e. The number of hydrogen-bond donors (Lipinski definition) is 3. The number of aromatic nitrogens is 1. The maximum atomic E-state index is 10.6. The van der Waals surface area contributed by atoms with Gasteiger partial charge in [0.25, 0.3) is 0 Å². The van der Waals surface area contributed by atoms with Gasteiger partial charge in [0.2, 0.25) is 0 Å². The van der Waals surface area contributed by atoms with Gasteiger partial charge in [-0.25, -0.2) is 0 Å². The second-order valence-electron chi connectivity index (χ2n) is 5.17. The normalized spacial score (nSPS) is 21.2. The number of fused-ring (bicyclic) bond motifs is 1. The van der Waals surface area contributed by atoms with Gasteiger partial charge in [0.05, 0.1) is 17.7 Å². The molecule has 98 valence electrons. The van der Waals surface area contributed by atoms with Gasteiger partial charge in [-0.15, -0.1) is 0 Å². The maximum absolute atomic E-state index is 10.6. The van der Waals surface area contributed by atoms with E-state index >= 15 is 0 Å². The van der Waals surface area contributed by atoms with Crippen LogP contribution in [0.3, 0.4) is 0 Å². The van der Waals surface area contributed by atoms with E-state index < -0.39 is 6.10 Å². The number of H-pyrrole nitrogens is 1. The van der Waals surface area contributed by atoms with Crippen LogP contribution in [0.2, 0.25) is 0 Å². The summed E-state index contributed by atoms with van der Waals surface area (Å²) in [4.78, 5) is 3.17. The number of piperidine rings is 1. The van der Waals surface area contributed by atoms with Crippen LogP contribution < -0.4 is 5.32 Å². The number of aliphatic hydroxyl groups excluding tert-OH is 1. The highest BCUT2D eigenvalue weighted by atomic mass is 16.3. The van der Waals surface area contributed by atoms with Gasteiger partial charge < -0.3 is 15.4 Å². The molecule has 1 aromatic heterocycles. The lowest BCUT2D eigenvalue weighted by Gasteiger charge is -2.27. The third-order valence-corrected chi connectivity index (χ3v) is 3.94. The van der Waals surface area contributed by atoms with Crippen molar-refractivity contribution >= 4 is 10.9 Å². The van der Waals surface area contributed by atoms with Gasteiger partial charge in [-0.1, -0.05) is 0 Å². The Bertz CT molecular complexity index is 620. The van der Waals surface area contributed by atoms with Crippen molar-refractivity contribution < 1.29 is 5.11 Å². The number of nitrogens with one attached hydrogen (secondary N) is 2. The summed E-state index contributed by atoms with van der Waals surface area (Å²) in [5, 5.41) is 23.8. The van der Waals surface area contributed by atoms with E-state index in [9.17, 15) is 5.11 Å². The molecule has 0 bridgehead atoms. The molecule has 3 N–H and O–H groups in total. The van der Waals surface area contributed by atoms with Crippen molar-refractivity contribution in [1.29, 1.82) is 5.26 Å². The molecule has 2 heterocycles. The molecule has 4 nitrogen and oxygen atoms in total. The number of rotatable bonds is 2. The van der Waals surface area contributed by atoms with Crippen molar-refractivity contribution in [3.63, 3.8) is 0 Å². The fraction of sp³-hybridized carbons (Fsp3) is 0.400. The van der Waals surface area contributed by atoms with E-state index in [0.29, 0.717) is 5.56 Å². The van der Waals surface area contributed by atoms with E-state index in [0.717, 1.165) is 42.4 Å². The highest BCUT2D eigenvalue weighted by Gasteiger charge is 2.25. The average molecular weight is 255 g/mol. The van der Waals surface area contributed by atoms with E-state index in [4.69, 9.17) is 5.26 Å². The van der Waals surface area contributed by atoms with Crippen LogP contribution in [0.4, 0.5) is 0 Å². The van der Waals surface area contributed by atoms with Gasteiger partial charge >= 0.3 is 0 Å². The molecular weight excluding hydrogens is 238 g/mol. The molecule has 0 spiro atoms. The zero-order valence-electron chi connectivity index (χ0n) is 10.7. The lowest BCUT2D eigenvalue weighted by Crippen LogP contribution is -2.33. The van der Waals surface area contributed by atoms with Crippen molar-refractivity contribution in [3.05, 3.63) is 35.5 Å². The Kier molecular flexibility index (Phi) is 3.24. The number of aromatic amines is 1. The highest BCUT2D eigenvalue weighted by Crippen LogP contribution is 2.32. The Hall–Kier alpha value is -1.83. The first-order valence-corrected chi connectivity index (χ1v) is 6.69. The summed E-state index contributed by atoms with van der Waals surface area (Å²) in [6.45, 7) is 1.89. The van der Waals surface area contributed by atoms with Crippen LogP contribution >= 0.6 is 0 Å². The first-order chi connectivity index (χ1) is 9.29. The van der Waals surface area contributed by atoms with Crippen LogP contribution in [-0.2, 0) is 0 Å². The van der Waals surface area contributed by atoms with Crippen LogP contribution in [-0.4, -0.2) is 23.2 Å². The molecule has 19 heavy (non-hydrogen) atoms. The Morgan fingerprint density at radius 1 is 1.42 bits per heavy atom. The predicted molar refractivity (Wildman–Crippen MR) is 73.6 cm³/mol. The number of hydrogen-bond acceptors (Lipinski definition) is 3. The van der Waals surface area contributed by atoms with Crippen molar-refractivity contribution in [1.82, 2.24) is 10.3 Å². The quantitative estimate of drug-likeness (QED) is 0.769. The van der Waals surface area contributed by atoms with Crippen LogP contribution in [0, 0.1) is 17.2 Å². The van der Waals surface area contributed by atoms with Gasteiger partial charge in [-0.2, -0.15) is 5.26 Å². The average Bonchev–Trinajstić information content (AvgIpc) is 2.90. The Balaban J connectivity index is 1.97. The standard InChI is InChI=1S/C15H17N3O/c16-7-10-3-4-14-12(6-10)13(9-18-14)15(19)11-2-1-5-17-8-11/h3-4,6,9,11,15,17-19H,1-2,5,8H2. The second-order valence-corrected chi connectivity index (χ2v) is 5.17. The summed E-state index contributed by atoms with van der Waals surface area (Å²) >= 11 is 0. The summed E-state index contributed by atoms with van der Waals surface area (Å²) in [5.74, 6) is 0.249. The van der Waals surface area contributed by atoms with Gasteiger partial charge in [-0.3, -0.25) is 0 Å². The van der Waals surface area contributed by atoms with Crippen LogP contribution in [0.25, 0.3) is 10.9 Å². The first kappa shape index (κ1) is 12.2. The van der Waals surface area contributed by atoms with Crippen LogP contribution in [0.5, 0.6) is 0 Å². The van der Waals surface area contributed by atoms with Gasteiger partial charge in [-0.05, 0) is 37.6 Å². The molecule has 1 saturated heterocycles. The predicted octanol–water partition coefficient (Wildman–Crippen LogP) is 2.07. The fourth-order valence-corrected chi connectivity index (χ4v) is 2.86. The molecule has 4 heteroatoms. The third-order valence-electron chi connectivity index (χ3n) is 3.94. The lowest BCUT2D eigenvalue weighted by molar-refractivity contribution is 0.0934. The topological polar surface area (TPSA) is 71.8 Å². The molecule has 0 amide bonds. The van der Waals surface area contributed by atoms with Crippen LogP contribution in [0.15, 0.2) is 24.4 Å². The maximum Gasteiger partial charge on any atom is 0.0991 e. The number of benzene rings is 1. The molecular formula is C15H17N3O. The zero-order valence-corrected chi connectivity index (χ0v) is 10.7. The summed E-state index contributed by atoms with van der Waals surface area (Å²) in [5.41, 5.74) is 2.50. The summed E-state index contributed by atoms with van der Waals surface area (Å²) in [7, 11) is 0. The summed E-state index contributed by atoms with van der Waals surface area (Å²) in [6.07, 6.45) is 3.53. The second kappa shape index (κ2) is 5.04. The van der Waals surface area contributed by atoms with Gasteiger partial charge in [0, 0.05) is 35.1 Å². The van der Waals surface area contributed by atoms with Crippen molar-refractivity contribution in [2.75, 3.05) is 13.1 Å². The summed E-state index contributed by atoms with van der Waals surface area (Å²) < 4.78 is 0. The molecule has 1 aliphatic heterocycles. The van der Waals surface area contributed by atoms with Crippen molar-refractivity contribution in [2.45, 2.75) is 18.9 Å². The third kappa shape index (κ3) is 2.23. The number of nitriles is 1. The van der Waals surface area contributed by atoms with Crippen LogP contribution in [0.1, 0.15) is 30.1 Å². The van der Waals surface area contributed by atoms with Crippen molar-refractivity contribution in [2.24, 2.45) is 5.92 Å². The smallest absolute Gasteiger partial charge is 0.0991 e. The van der Waals surface area contributed by atoms with E-state index in [1.807, 2.05) is 18.3 Å². The Morgan fingerprint density at radius 3 is 3.05 bits per heavy atom. The molecule has 1 fully saturated rings. The van der Waals surface area contributed by atoms with Gasteiger partial charge in [0.1, 0.15) is 0 Å². The Labute approximate surface area is 112 Å². The van der Waals surface area contributed by atoms with Crippen molar-refractivity contribution in [3.8, 4) is 6.07 Å².